The molecule has 0 spiro atoms. The minimum atomic E-state index is 0.458. The first kappa shape index (κ1) is 16.1. The molecule has 6 nitrogen and oxygen atoms in total. The summed E-state index contributed by atoms with van der Waals surface area (Å²) in [7, 11) is 0. The number of hydrogen-bond acceptors (Lipinski definition) is 5. The quantitative estimate of drug-likeness (QED) is 0.571. The van der Waals surface area contributed by atoms with Gasteiger partial charge in [-0.05, 0) is 48.9 Å². The summed E-state index contributed by atoms with van der Waals surface area (Å²) in [5, 5.41) is 0. The van der Waals surface area contributed by atoms with Crippen LogP contribution in [0, 0.1) is 0 Å². The van der Waals surface area contributed by atoms with E-state index in [2.05, 4.69) is 19.9 Å². The molecule has 6 heteroatoms. The van der Waals surface area contributed by atoms with Crippen LogP contribution in [0.2, 0.25) is 0 Å². The molecular formula is C20H18N4O2. The Kier molecular flexibility index (Phi) is 4.47. The van der Waals surface area contributed by atoms with E-state index in [0.717, 1.165) is 34.0 Å². The molecule has 0 aliphatic heterocycles. The summed E-state index contributed by atoms with van der Waals surface area (Å²) in [5.41, 5.74) is 3.52. The van der Waals surface area contributed by atoms with Gasteiger partial charge in [0.05, 0.1) is 12.1 Å². The number of rotatable bonds is 6. The highest BCUT2D eigenvalue weighted by Gasteiger charge is 2.10. The molecule has 0 saturated carbocycles. The SMILES string of the molecule is CCOc1cc(OCc2ccncc2)cc(-c2nc3ncccc3[nH]2)c1. The van der Waals surface area contributed by atoms with Gasteiger partial charge in [-0.15, -0.1) is 0 Å². The minimum absolute atomic E-state index is 0.458. The summed E-state index contributed by atoms with van der Waals surface area (Å²) in [4.78, 5) is 16.1. The predicted molar refractivity (Wildman–Crippen MR) is 99.1 cm³/mol. The number of ether oxygens (including phenoxy) is 2. The Labute approximate surface area is 150 Å². The normalized spacial score (nSPS) is 10.8. The Morgan fingerprint density at radius 3 is 2.54 bits per heavy atom. The summed E-state index contributed by atoms with van der Waals surface area (Å²) in [6, 6.07) is 13.5. The second-order valence-electron chi connectivity index (χ2n) is 5.73. The van der Waals surface area contributed by atoms with Crippen molar-refractivity contribution in [1.29, 1.82) is 0 Å². The summed E-state index contributed by atoms with van der Waals surface area (Å²) >= 11 is 0. The fourth-order valence-corrected chi connectivity index (χ4v) is 2.67. The standard InChI is InChI=1S/C20H18N4O2/c1-2-25-16-10-15(19-23-18-4-3-7-22-20(18)24-19)11-17(12-16)26-13-14-5-8-21-9-6-14/h3-12H,2,13H2,1H3,(H,22,23,24). The first-order chi connectivity index (χ1) is 12.8. The third-order valence-corrected chi connectivity index (χ3v) is 3.88. The van der Waals surface area contributed by atoms with Gasteiger partial charge in [-0.2, -0.15) is 0 Å². The van der Waals surface area contributed by atoms with Gasteiger partial charge in [0.2, 0.25) is 0 Å². The summed E-state index contributed by atoms with van der Waals surface area (Å²) in [6.07, 6.45) is 5.23. The van der Waals surface area contributed by atoms with Crippen molar-refractivity contribution in [1.82, 2.24) is 19.9 Å². The molecule has 130 valence electrons. The van der Waals surface area contributed by atoms with E-state index < -0.39 is 0 Å². The maximum absolute atomic E-state index is 5.95. The highest BCUT2D eigenvalue weighted by Crippen LogP contribution is 2.30. The Morgan fingerprint density at radius 2 is 1.77 bits per heavy atom. The van der Waals surface area contributed by atoms with Crippen LogP contribution in [0.4, 0.5) is 0 Å². The second-order valence-corrected chi connectivity index (χ2v) is 5.73. The molecule has 1 aromatic carbocycles. The molecule has 3 aromatic heterocycles. The van der Waals surface area contributed by atoms with E-state index >= 15 is 0 Å². The van der Waals surface area contributed by atoms with Crippen molar-refractivity contribution in [2.24, 2.45) is 0 Å². The molecular weight excluding hydrogens is 328 g/mol. The van der Waals surface area contributed by atoms with Gasteiger partial charge in [-0.1, -0.05) is 0 Å². The first-order valence-electron chi connectivity index (χ1n) is 8.42. The van der Waals surface area contributed by atoms with Gasteiger partial charge in [-0.3, -0.25) is 4.98 Å². The average molecular weight is 346 g/mol. The monoisotopic (exact) mass is 346 g/mol. The molecule has 0 radical (unpaired) electrons. The highest BCUT2D eigenvalue weighted by molar-refractivity contribution is 5.76. The first-order valence-corrected chi connectivity index (χ1v) is 8.42. The lowest BCUT2D eigenvalue weighted by Crippen LogP contribution is -1.98. The molecule has 0 amide bonds. The largest absolute Gasteiger partial charge is 0.494 e. The smallest absolute Gasteiger partial charge is 0.178 e. The van der Waals surface area contributed by atoms with Crippen LogP contribution in [0.1, 0.15) is 12.5 Å². The molecule has 0 atom stereocenters. The number of benzene rings is 1. The van der Waals surface area contributed by atoms with Crippen molar-refractivity contribution in [3.63, 3.8) is 0 Å². The second kappa shape index (κ2) is 7.23. The third kappa shape index (κ3) is 3.49. The van der Waals surface area contributed by atoms with E-state index in [1.165, 1.54) is 0 Å². The van der Waals surface area contributed by atoms with E-state index in [0.29, 0.717) is 18.9 Å². The van der Waals surface area contributed by atoms with Gasteiger partial charge in [0.15, 0.2) is 5.65 Å². The molecule has 0 aliphatic carbocycles. The van der Waals surface area contributed by atoms with Crippen molar-refractivity contribution in [3.8, 4) is 22.9 Å². The molecule has 4 aromatic rings. The van der Waals surface area contributed by atoms with E-state index in [1.54, 1.807) is 18.6 Å². The van der Waals surface area contributed by atoms with Crippen molar-refractivity contribution in [2.75, 3.05) is 6.61 Å². The maximum atomic E-state index is 5.95. The molecule has 0 saturated heterocycles. The van der Waals surface area contributed by atoms with Gasteiger partial charge in [-0.25, -0.2) is 9.97 Å². The number of imidazole rings is 1. The number of pyridine rings is 2. The zero-order chi connectivity index (χ0) is 17.8. The lowest BCUT2D eigenvalue weighted by molar-refractivity contribution is 0.299. The van der Waals surface area contributed by atoms with Crippen LogP contribution in [0.3, 0.4) is 0 Å². The lowest BCUT2D eigenvalue weighted by atomic mass is 10.2. The van der Waals surface area contributed by atoms with E-state index in [-0.39, 0.29) is 0 Å². The Balaban J connectivity index is 1.66. The number of H-pyrrole nitrogens is 1. The highest BCUT2D eigenvalue weighted by atomic mass is 16.5. The van der Waals surface area contributed by atoms with Gasteiger partial charge < -0.3 is 14.5 Å². The third-order valence-electron chi connectivity index (χ3n) is 3.88. The van der Waals surface area contributed by atoms with Crippen LogP contribution in [-0.4, -0.2) is 26.5 Å². The van der Waals surface area contributed by atoms with Crippen molar-refractivity contribution >= 4 is 11.2 Å². The number of nitrogens with zero attached hydrogens (tertiary/aromatic N) is 3. The molecule has 0 unspecified atom stereocenters. The average Bonchev–Trinajstić information content (AvgIpc) is 3.12. The number of hydrogen-bond donors (Lipinski definition) is 1. The van der Waals surface area contributed by atoms with E-state index in [1.807, 2.05) is 49.4 Å². The summed E-state index contributed by atoms with van der Waals surface area (Å²) < 4.78 is 11.6. The summed E-state index contributed by atoms with van der Waals surface area (Å²) in [5.74, 6) is 2.19. The van der Waals surface area contributed by atoms with E-state index in [9.17, 15) is 0 Å². The maximum Gasteiger partial charge on any atom is 0.178 e. The van der Waals surface area contributed by atoms with Crippen LogP contribution in [0.5, 0.6) is 11.5 Å². The van der Waals surface area contributed by atoms with Crippen LogP contribution in [0.25, 0.3) is 22.6 Å². The lowest BCUT2D eigenvalue weighted by Gasteiger charge is -2.11. The number of fused-ring (bicyclic) bond motifs is 1. The predicted octanol–water partition coefficient (Wildman–Crippen LogP) is 4.00. The molecule has 4 rings (SSSR count). The zero-order valence-electron chi connectivity index (χ0n) is 14.3. The van der Waals surface area contributed by atoms with Gasteiger partial charge in [0.1, 0.15) is 23.9 Å². The Hall–Kier alpha value is -3.41. The molecule has 1 N–H and O–H groups in total. The van der Waals surface area contributed by atoms with Crippen LogP contribution in [0.15, 0.2) is 61.1 Å². The number of nitrogens with one attached hydrogen (secondary N) is 1. The van der Waals surface area contributed by atoms with Crippen LogP contribution in [-0.2, 0) is 6.61 Å². The van der Waals surface area contributed by atoms with Gasteiger partial charge in [0, 0.05) is 30.2 Å². The number of aromatic nitrogens is 4. The van der Waals surface area contributed by atoms with Crippen LogP contribution < -0.4 is 9.47 Å². The Bertz CT molecular complexity index is 982. The van der Waals surface area contributed by atoms with Crippen molar-refractivity contribution in [3.05, 3.63) is 66.6 Å². The molecule has 0 aliphatic rings. The fraction of sp³-hybridized carbons (Fsp3) is 0.150. The van der Waals surface area contributed by atoms with Crippen molar-refractivity contribution in [2.45, 2.75) is 13.5 Å². The fourth-order valence-electron chi connectivity index (χ4n) is 2.67. The molecule has 0 fully saturated rings. The number of aromatic amines is 1. The molecule has 26 heavy (non-hydrogen) atoms. The minimum Gasteiger partial charge on any atom is -0.494 e. The van der Waals surface area contributed by atoms with Gasteiger partial charge >= 0.3 is 0 Å². The summed E-state index contributed by atoms with van der Waals surface area (Å²) in [6.45, 7) is 2.99. The van der Waals surface area contributed by atoms with Crippen molar-refractivity contribution < 1.29 is 9.47 Å². The van der Waals surface area contributed by atoms with E-state index in [4.69, 9.17) is 9.47 Å². The van der Waals surface area contributed by atoms with Gasteiger partial charge in [0.25, 0.3) is 0 Å². The Morgan fingerprint density at radius 1 is 0.962 bits per heavy atom. The topological polar surface area (TPSA) is 72.9 Å². The molecule has 0 bridgehead atoms. The zero-order valence-corrected chi connectivity index (χ0v) is 14.3. The molecule has 3 heterocycles. The van der Waals surface area contributed by atoms with Crippen LogP contribution >= 0.6 is 0 Å².